The van der Waals surface area contributed by atoms with Crippen molar-refractivity contribution < 1.29 is 9.47 Å². The number of anilines is 1. The van der Waals surface area contributed by atoms with Crippen molar-refractivity contribution in [1.29, 1.82) is 0 Å². The zero-order chi connectivity index (χ0) is 27.3. The van der Waals surface area contributed by atoms with Crippen LogP contribution in [-0.4, -0.2) is 68.1 Å². The van der Waals surface area contributed by atoms with Crippen LogP contribution in [0.25, 0.3) is 22.1 Å². The molecule has 0 spiro atoms. The van der Waals surface area contributed by atoms with Gasteiger partial charge in [0.15, 0.2) is 0 Å². The minimum absolute atomic E-state index is 0.110. The van der Waals surface area contributed by atoms with E-state index in [0.717, 1.165) is 66.7 Å². The first kappa shape index (κ1) is 25.8. The summed E-state index contributed by atoms with van der Waals surface area (Å²) in [7, 11) is 3.35. The Bertz CT molecular complexity index is 1560. The van der Waals surface area contributed by atoms with Gasteiger partial charge in [-0.2, -0.15) is 5.10 Å². The number of nitrogens with zero attached hydrogens (tertiary/aromatic N) is 7. The molecule has 0 aliphatic carbocycles. The molecule has 0 bridgehead atoms. The van der Waals surface area contributed by atoms with Crippen LogP contribution < -0.4 is 15.2 Å². The summed E-state index contributed by atoms with van der Waals surface area (Å²) in [6.45, 7) is 9.00. The van der Waals surface area contributed by atoms with Gasteiger partial charge in [0.25, 0.3) is 5.56 Å². The first-order chi connectivity index (χ1) is 18.9. The van der Waals surface area contributed by atoms with Gasteiger partial charge in [-0.15, -0.1) is 0 Å². The Labute approximate surface area is 228 Å². The Morgan fingerprint density at radius 2 is 1.87 bits per heavy atom. The summed E-state index contributed by atoms with van der Waals surface area (Å²) in [5, 5.41) is 5.00. The molecule has 6 rings (SSSR count). The minimum atomic E-state index is -0.156. The molecular formula is C29H37N7O3. The lowest BCUT2D eigenvalue weighted by atomic mass is 9.99. The van der Waals surface area contributed by atoms with E-state index < -0.39 is 0 Å². The van der Waals surface area contributed by atoms with Gasteiger partial charge in [0.05, 0.1) is 29.9 Å². The molecule has 2 fully saturated rings. The van der Waals surface area contributed by atoms with E-state index in [1.165, 1.54) is 5.56 Å². The summed E-state index contributed by atoms with van der Waals surface area (Å²) in [6.07, 6.45) is 8.39. The molecule has 0 amide bonds. The summed E-state index contributed by atoms with van der Waals surface area (Å²) < 4.78 is 15.3. The van der Waals surface area contributed by atoms with Crippen LogP contribution in [0.4, 0.5) is 5.69 Å². The van der Waals surface area contributed by atoms with Crippen molar-refractivity contribution >= 4 is 27.8 Å². The topological polar surface area (TPSA) is 90.5 Å². The highest BCUT2D eigenvalue weighted by Gasteiger charge is 2.36. The second kappa shape index (κ2) is 10.2. The number of aryl methyl sites for hydroxylation is 1. The third-order valence-corrected chi connectivity index (χ3v) is 8.46. The first-order valence-electron chi connectivity index (χ1n) is 13.9. The fourth-order valence-electron chi connectivity index (χ4n) is 6.23. The average Bonchev–Trinajstić information content (AvgIpc) is 3.41. The lowest BCUT2D eigenvalue weighted by Crippen LogP contribution is -2.57. The van der Waals surface area contributed by atoms with Gasteiger partial charge >= 0.3 is 0 Å². The number of aromatic nitrogens is 5. The maximum atomic E-state index is 13.4. The van der Waals surface area contributed by atoms with Crippen molar-refractivity contribution in [1.82, 2.24) is 29.2 Å². The molecule has 10 heteroatoms. The molecular weight excluding hydrogens is 494 g/mol. The number of hydrogen-bond donors (Lipinski definition) is 0. The molecule has 4 aromatic rings. The molecule has 10 nitrogen and oxygen atoms in total. The van der Waals surface area contributed by atoms with Gasteiger partial charge in [-0.1, -0.05) is 6.07 Å². The van der Waals surface area contributed by atoms with E-state index in [4.69, 9.17) is 14.6 Å². The Morgan fingerprint density at radius 3 is 2.62 bits per heavy atom. The van der Waals surface area contributed by atoms with E-state index in [1.54, 1.807) is 31.1 Å². The molecule has 2 saturated heterocycles. The fraction of sp³-hybridized carbons (Fsp3) is 0.517. The zero-order valence-electron chi connectivity index (χ0n) is 23.4. The summed E-state index contributed by atoms with van der Waals surface area (Å²) in [5.74, 6) is 0.341. The summed E-state index contributed by atoms with van der Waals surface area (Å²) in [4.78, 5) is 27.2. The van der Waals surface area contributed by atoms with Crippen molar-refractivity contribution in [3.05, 3.63) is 52.7 Å². The molecule has 5 heterocycles. The van der Waals surface area contributed by atoms with E-state index in [9.17, 15) is 4.79 Å². The average molecular weight is 532 g/mol. The number of methoxy groups -OCH3 is 1. The smallest absolute Gasteiger partial charge is 0.295 e. The maximum absolute atomic E-state index is 13.4. The normalized spacial score (nSPS) is 23.4. The van der Waals surface area contributed by atoms with E-state index in [-0.39, 0.29) is 29.9 Å². The number of pyridine rings is 1. The van der Waals surface area contributed by atoms with Gasteiger partial charge in [-0.25, -0.2) is 4.68 Å². The van der Waals surface area contributed by atoms with Crippen molar-refractivity contribution in [3.8, 4) is 5.75 Å². The molecule has 0 saturated carbocycles. The predicted molar refractivity (Wildman–Crippen MR) is 151 cm³/mol. The van der Waals surface area contributed by atoms with Crippen LogP contribution in [0.3, 0.4) is 0 Å². The maximum Gasteiger partial charge on any atom is 0.295 e. The van der Waals surface area contributed by atoms with Crippen LogP contribution in [0.15, 0.2) is 41.6 Å². The minimum Gasteiger partial charge on any atom is -0.490 e. The number of hydrogen-bond acceptors (Lipinski definition) is 8. The van der Waals surface area contributed by atoms with Gasteiger partial charge in [-0.05, 0) is 57.7 Å². The summed E-state index contributed by atoms with van der Waals surface area (Å²) >= 11 is 0. The zero-order valence-corrected chi connectivity index (χ0v) is 23.4. The summed E-state index contributed by atoms with van der Waals surface area (Å²) in [6, 6.07) is 6.89. The molecule has 206 valence electrons. The van der Waals surface area contributed by atoms with Crippen LogP contribution in [0.2, 0.25) is 0 Å². The lowest BCUT2D eigenvalue weighted by molar-refractivity contribution is -0.0390. The monoisotopic (exact) mass is 531 g/mol. The van der Waals surface area contributed by atoms with Gasteiger partial charge in [0, 0.05) is 57.3 Å². The van der Waals surface area contributed by atoms with Gasteiger partial charge in [0.2, 0.25) is 5.75 Å². The first-order valence-corrected chi connectivity index (χ1v) is 13.9. The van der Waals surface area contributed by atoms with Crippen molar-refractivity contribution in [2.24, 2.45) is 7.05 Å². The third kappa shape index (κ3) is 4.45. The van der Waals surface area contributed by atoms with Crippen LogP contribution in [0.5, 0.6) is 5.75 Å². The molecule has 2 aliphatic heterocycles. The molecule has 3 aromatic heterocycles. The quantitative estimate of drug-likeness (QED) is 0.381. The van der Waals surface area contributed by atoms with E-state index in [0.29, 0.717) is 5.75 Å². The lowest BCUT2D eigenvalue weighted by Gasteiger charge is -2.47. The highest BCUT2D eigenvalue weighted by atomic mass is 16.5. The number of piperazine rings is 1. The Kier molecular flexibility index (Phi) is 6.76. The second-order valence-electron chi connectivity index (χ2n) is 10.9. The largest absolute Gasteiger partial charge is 0.490 e. The Balaban J connectivity index is 1.35. The van der Waals surface area contributed by atoms with Crippen LogP contribution in [0, 0.1) is 0 Å². The highest BCUT2D eigenvalue weighted by Crippen LogP contribution is 2.38. The van der Waals surface area contributed by atoms with Crippen LogP contribution in [-0.2, 0) is 11.8 Å². The molecule has 0 radical (unpaired) electrons. The number of ether oxygens (including phenoxy) is 2. The number of benzene rings is 1. The SMILES string of the molecule is COc1c(N2C[C@@H](C)N([C@@H](C)c3ccc4nccnc4c3)C[C@@H]2C)c2nn(C3CCCCO3)cc2n(C)c1=O. The van der Waals surface area contributed by atoms with Crippen LogP contribution >= 0.6 is 0 Å². The predicted octanol–water partition coefficient (Wildman–Crippen LogP) is 4.05. The van der Waals surface area contributed by atoms with Gasteiger partial charge in [0.1, 0.15) is 17.4 Å². The Hall–Kier alpha value is -3.50. The standard InChI is InChI=1S/C29H37N7O3/c1-18-16-35(19(2)15-34(18)20(3)21-9-10-22-23(14-21)31-12-11-30-22)27-26-24(33(4)29(37)28(27)38-5)17-36(32-26)25-8-6-7-13-39-25/h9-12,14,17-20,25H,6-8,13,15-16H2,1-5H3/t18-,19+,20+,25?/m1/s1. The molecule has 4 atom stereocenters. The summed E-state index contributed by atoms with van der Waals surface area (Å²) in [5.41, 5.74) is 5.21. The van der Waals surface area contributed by atoms with E-state index in [1.807, 2.05) is 16.9 Å². The molecule has 0 N–H and O–H groups in total. The Morgan fingerprint density at radius 1 is 1.08 bits per heavy atom. The molecule has 1 aromatic carbocycles. The van der Waals surface area contributed by atoms with Gasteiger partial charge in [-0.3, -0.25) is 19.7 Å². The highest BCUT2D eigenvalue weighted by molar-refractivity contribution is 5.92. The van der Waals surface area contributed by atoms with E-state index >= 15 is 0 Å². The second-order valence-corrected chi connectivity index (χ2v) is 10.9. The van der Waals surface area contributed by atoms with Gasteiger partial charge < -0.3 is 18.9 Å². The fourth-order valence-corrected chi connectivity index (χ4v) is 6.23. The van der Waals surface area contributed by atoms with Crippen molar-refractivity contribution in [2.75, 3.05) is 31.7 Å². The third-order valence-electron chi connectivity index (χ3n) is 8.46. The van der Waals surface area contributed by atoms with Crippen molar-refractivity contribution in [3.63, 3.8) is 0 Å². The van der Waals surface area contributed by atoms with Crippen molar-refractivity contribution in [2.45, 2.75) is 64.4 Å². The molecule has 1 unspecified atom stereocenters. The van der Waals surface area contributed by atoms with Crippen LogP contribution in [0.1, 0.15) is 57.9 Å². The number of rotatable bonds is 5. The van der Waals surface area contributed by atoms with E-state index in [2.05, 4.69) is 52.7 Å². The number of fused-ring (bicyclic) bond motifs is 2. The molecule has 2 aliphatic rings. The molecule has 39 heavy (non-hydrogen) atoms.